The molecule has 8 unspecified atom stereocenters. The summed E-state index contributed by atoms with van der Waals surface area (Å²) in [6, 6.07) is -1.05. The fraction of sp³-hybridized carbons (Fsp3) is 0.673. The maximum Gasteiger partial charge on any atom is 0.306 e. The lowest BCUT2D eigenvalue weighted by Gasteiger charge is -2.41. The third-order valence-corrected chi connectivity index (χ3v) is 11.4. The summed E-state index contributed by atoms with van der Waals surface area (Å²) in [6.45, 7) is 5.42. The van der Waals surface area contributed by atoms with Crippen molar-refractivity contribution in [2.75, 3.05) is 13.2 Å². The first kappa shape index (κ1) is 60.6. The highest BCUT2D eigenvalue weighted by molar-refractivity contribution is 5.80. The number of unbranched alkanes of at least 4 members (excludes halogenated alkanes) is 17. The number of aliphatic hydroxyl groups is 5. The first-order valence-electron chi connectivity index (χ1n) is 25.6. The Labute approximate surface area is 399 Å². The highest BCUT2D eigenvalue weighted by Crippen LogP contribution is 2.26. The van der Waals surface area contributed by atoms with E-state index in [0.717, 1.165) is 83.5 Å². The van der Waals surface area contributed by atoms with Crippen molar-refractivity contribution < 1.29 is 49.3 Å². The fourth-order valence-electron chi connectivity index (χ4n) is 7.31. The lowest BCUT2D eigenvalue weighted by molar-refractivity contribution is -0.305. The largest absolute Gasteiger partial charge is 0.454 e. The van der Waals surface area contributed by atoms with Crippen molar-refractivity contribution in [2.24, 2.45) is 0 Å². The monoisotopic (exact) mass is 926 g/mol. The van der Waals surface area contributed by atoms with Crippen LogP contribution in [-0.2, 0) is 23.8 Å². The molecule has 1 heterocycles. The quantitative estimate of drug-likeness (QED) is 0.0150. The molecule has 1 fully saturated rings. The van der Waals surface area contributed by atoms with E-state index < -0.39 is 67.4 Å². The minimum atomic E-state index is -1.64. The SMILES string of the molecule is CC/C=C/C=C/C=C\C=C/CCCCCC(=O)OC1C(OCC(NC(=O)C(O)CCCCCC\C=C/C=C/C=C/CC)C(O)/C=C/CCCCCCCCCCCC)OC(CO)C(O)C1O. The Hall–Kier alpha value is -3.42. The molecule has 0 aromatic heterocycles. The number of aliphatic hydroxyl groups excluding tert-OH is 5. The molecule has 1 aliphatic heterocycles. The van der Waals surface area contributed by atoms with Crippen LogP contribution in [0.3, 0.4) is 0 Å². The van der Waals surface area contributed by atoms with Gasteiger partial charge >= 0.3 is 5.97 Å². The maximum absolute atomic E-state index is 13.3. The normalized spacial score (nSPS) is 21.0. The summed E-state index contributed by atoms with van der Waals surface area (Å²) in [5, 5.41) is 56.5. The summed E-state index contributed by atoms with van der Waals surface area (Å²) in [5.74, 6) is -1.27. The molecule has 0 radical (unpaired) electrons. The van der Waals surface area contributed by atoms with Gasteiger partial charge < -0.3 is 45.1 Å². The van der Waals surface area contributed by atoms with Crippen LogP contribution in [-0.4, -0.2) is 99.6 Å². The standard InChI is InChI=1S/C55H91NO10/c1-4-7-10-13-16-19-22-25-28-31-34-37-40-43-50(60)66-53-52(62)51(61)49(44-57)65-55(53)64-45-46(47(58)41-38-35-32-29-26-23-20-17-14-11-8-5-2)56-54(63)48(59)42-39-36-33-30-27-24-21-18-15-12-9-6-3/h7,9-10,12-13,15-16,18-19,21-22,24-25,28,38,41,46-49,51-53,55,57-59,61-62H,4-6,8,11,14,17,20,23,26-27,29-37,39-40,42-45H2,1-3H3,(H,56,63)/b10-7+,12-9+,16-13+,18-15+,22-19-,24-21-,28-25-,41-38+. The first-order valence-corrected chi connectivity index (χ1v) is 25.6. The van der Waals surface area contributed by atoms with Crippen LogP contribution in [0.2, 0.25) is 0 Å². The minimum absolute atomic E-state index is 0.0696. The van der Waals surface area contributed by atoms with Crippen molar-refractivity contribution in [2.45, 2.75) is 224 Å². The third-order valence-electron chi connectivity index (χ3n) is 11.4. The van der Waals surface area contributed by atoms with Crippen LogP contribution in [0.25, 0.3) is 0 Å². The van der Waals surface area contributed by atoms with Crippen LogP contribution in [0.15, 0.2) is 97.2 Å². The Balaban J connectivity index is 2.84. The molecule has 0 spiro atoms. The van der Waals surface area contributed by atoms with Gasteiger partial charge in [0.15, 0.2) is 12.4 Å². The first-order chi connectivity index (χ1) is 32.2. The molecule has 0 aliphatic carbocycles. The fourth-order valence-corrected chi connectivity index (χ4v) is 7.31. The molecule has 8 atom stereocenters. The molecule has 0 bridgehead atoms. The van der Waals surface area contributed by atoms with Gasteiger partial charge in [-0.15, -0.1) is 0 Å². The highest BCUT2D eigenvalue weighted by Gasteiger charge is 2.47. The van der Waals surface area contributed by atoms with E-state index in [9.17, 15) is 35.1 Å². The van der Waals surface area contributed by atoms with Crippen molar-refractivity contribution in [3.63, 3.8) is 0 Å². The summed E-state index contributed by atoms with van der Waals surface area (Å²) < 4.78 is 17.4. The topological polar surface area (TPSA) is 175 Å². The molecule has 1 aliphatic rings. The summed E-state index contributed by atoms with van der Waals surface area (Å²) in [5.41, 5.74) is 0. The van der Waals surface area contributed by atoms with Crippen LogP contribution < -0.4 is 5.32 Å². The zero-order valence-electron chi connectivity index (χ0n) is 41.0. The molecule has 11 nitrogen and oxygen atoms in total. The van der Waals surface area contributed by atoms with Crippen LogP contribution in [0.5, 0.6) is 0 Å². The Kier molecular flexibility index (Phi) is 39.4. The number of nitrogens with one attached hydrogen (secondary N) is 1. The van der Waals surface area contributed by atoms with Gasteiger partial charge in [-0.3, -0.25) is 9.59 Å². The zero-order valence-corrected chi connectivity index (χ0v) is 41.0. The molecule has 0 aromatic carbocycles. The van der Waals surface area contributed by atoms with E-state index >= 15 is 0 Å². The number of carbonyl (C=O) groups excluding carboxylic acids is 2. The smallest absolute Gasteiger partial charge is 0.306 e. The number of hydrogen-bond donors (Lipinski definition) is 6. The average molecular weight is 926 g/mol. The number of carbonyl (C=O) groups is 2. The molecule has 0 aromatic rings. The van der Waals surface area contributed by atoms with Crippen LogP contribution in [0.1, 0.15) is 175 Å². The highest BCUT2D eigenvalue weighted by atomic mass is 16.7. The van der Waals surface area contributed by atoms with Crippen molar-refractivity contribution >= 4 is 11.9 Å². The number of hydrogen-bond acceptors (Lipinski definition) is 10. The second-order valence-corrected chi connectivity index (χ2v) is 17.3. The molecule has 1 amide bonds. The van der Waals surface area contributed by atoms with Crippen molar-refractivity contribution in [3.8, 4) is 0 Å². The summed E-state index contributed by atoms with van der Waals surface area (Å²) in [4.78, 5) is 26.3. The van der Waals surface area contributed by atoms with Crippen LogP contribution in [0, 0.1) is 0 Å². The lowest BCUT2D eigenvalue weighted by atomic mass is 9.99. The number of rotatable bonds is 40. The van der Waals surface area contributed by atoms with Gasteiger partial charge in [-0.25, -0.2) is 0 Å². The minimum Gasteiger partial charge on any atom is -0.454 e. The van der Waals surface area contributed by atoms with Gasteiger partial charge in [0.2, 0.25) is 5.91 Å². The van der Waals surface area contributed by atoms with Gasteiger partial charge in [0.1, 0.15) is 24.4 Å². The van der Waals surface area contributed by atoms with Gasteiger partial charge in [0.05, 0.1) is 25.4 Å². The Morgan fingerprint density at radius 1 is 0.606 bits per heavy atom. The molecule has 66 heavy (non-hydrogen) atoms. The summed E-state index contributed by atoms with van der Waals surface area (Å²) in [7, 11) is 0. The maximum atomic E-state index is 13.3. The molecule has 0 saturated carbocycles. The predicted molar refractivity (Wildman–Crippen MR) is 268 cm³/mol. The lowest BCUT2D eigenvalue weighted by Crippen LogP contribution is -2.61. The molecular weight excluding hydrogens is 835 g/mol. The third kappa shape index (κ3) is 31.5. The van der Waals surface area contributed by atoms with Crippen LogP contribution in [0.4, 0.5) is 0 Å². The van der Waals surface area contributed by atoms with Gasteiger partial charge in [0, 0.05) is 6.42 Å². The second kappa shape index (κ2) is 42.9. The second-order valence-electron chi connectivity index (χ2n) is 17.3. The average Bonchev–Trinajstić information content (AvgIpc) is 3.31. The van der Waals surface area contributed by atoms with E-state index in [1.54, 1.807) is 6.08 Å². The van der Waals surface area contributed by atoms with E-state index in [4.69, 9.17) is 14.2 Å². The summed E-state index contributed by atoms with van der Waals surface area (Å²) in [6.07, 6.45) is 44.7. The zero-order chi connectivity index (χ0) is 48.3. The molecule has 376 valence electrons. The molecular formula is C55H91NO10. The van der Waals surface area contributed by atoms with Gasteiger partial charge in [0.25, 0.3) is 0 Å². The van der Waals surface area contributed by atoms with E-state index in [0.29, 0.717) is 12.8 Å². The van der Waals surface area contributed by atoms with Gasteiger partial charge in [-0.1, -0.05) is 201 Å². The van der Waals surface area contributed by atoms with Crippen molar-refractivity contribution in [1.29, 1.82) is 0 Å². The number of allylic oxidation sites excluding steroid dienone is 15. The van der Waals surface area contributed by atoms with Crippen LogP contribution >= 0.6 is 0 Å². The molecule has 6 N–H and O–H groups in total. The van der Waals surface area contributed by atoms with E-state index in [1.165, 1.54) is 44.9 Å². The van der Waals surface area contributed by atoms with Crippen molar-refractivity contribution in [1.82, 2.24) is 5.32 Å². The van der Waals surface area contributed by atoms with E-state index in [2.05, 4.69) is 50.4 Å². The predicted octanol–water partition coefficient (Wildman–Crippen LogP) is 10.4. The van der Waals surface area contributed by atoms with Crippen molar-refractivity contribution in [3.05, 3.63) is 97.2 Å². The Bertz CT molecular complexity index is 1430. The number of ether oxygens (including phenoxy) is 3. The Morgan fingerprint density at radius 3 is 1.64 bits per heavy atom. The van der Waals surface area contributed by atoms with Gasteiger partial charge in [-0.05, 0) is 64.2 Å². The van der Waals surface area contributed by atoms with Gasteiger partial charge in [-0.2, -0.15) is 0 Å². The summed E-state index contributed by atoms with van der Waals surface area (Å²) >= 11 is 0. The number of amides is 1. The molecule has 1 saturated heterocycles. The Morgan fingerprint density at radius 2 is 1.09 bits per heavy atom. The van der Waals surface area contributed by atoms with E-state index in [-0.39, 0.29) is 19.4 Å². The number of esters is 1. The molecule has 11 heteroatoms. The molecule has 1 rings (SSSR count). The van der Waals surface area contributed by atoms with E-state index in [1.807, 2.05) is 66.8 Å².